The first-order valence-electron chi connectivity index (χ1n) is 7.26. The lowest BCUT2D eigenvalue weighted by Crippen LogP contribution is -2.19. The maximum Gasteiger partial charge on any atom is 0.298 e. The lowest BCUT2D eigenvalue weighted by Gasteiger charge is -2.13. The maximum absolute atomic E-state index is 5.95. The molecule has 0 spiro atoms. The van der Waals surface area contributed by atoms with E-state index in [1.165, 1.54) is 5.56 Å². The number of hydrogen-bond acceptors (Lipinski definition) is 4. The molecule has 1 unspecified atom stereocenters. The third-order valence-electron chi connectivity index (χ3n) is 4.17. The minimum atomic E-state index is 0.540. The zero-order valence-electron chi connectivity index (χ0n) is 11.7. The average molecular weight is 279 g/mol. The van der Waals surface area contributed by atoms with Gasteiger partial charge in [-0.25, -0.2) is 0 Å². The highest BCUT2D eigenvalue weighted by Gasteiger charge is 2.27. The van der Waals surface area contributed by atoms with Gasteiger partial charge in [-0.15, -0.1) is 0 Å². The van der Waals surface area contributed by atoms with Crippen LogP contribution >= 0.6 is 0 Å². The van der Waals surface area contributed by atoms with Crippen molar-refractivity contribution in [3.05, 3.63) is 54.1 Å². The minimum Gasteiger partial charge on any atom is -0.423 e. The summed E-state index contributed by atoms with van der Waals surface area (Å²) >= 11 is 0. The predicted octanol–water partition coefficient (Wildman–Crippen LogP) is 3.40. The number of aromatic nitrogens is 1. The van der Waals surface area contributed by atoms with Crippen LogP contribution in [0.2, 0.25) is 0 Å². The van der Waals surface area contributed by atoms with Gasteiger partial charge in [0.25, 0.3) is 6.01 Å². The number of nitrogens with zero attached hydrogens (tertiary/aromatic N) is 2. The fraction of sp³-hybridized carbons (Fsp3) is 0.235. The van der Waals surface area contributed by atoms with Gasteiger partial charge >= 0.3 is 0 Å². The summed E-state index contributed by atoms with van der Waals surface area (Å²) in [5.41, 5.74) is 9.52. The van der Waals surface area contributed by atoms with Crippen LogP contribution in [-0.2, 0) is 0 Å². The molecule has 1 aromatic heterocycles. The van der Waals surface area contributed by atoms with Crippen LogP contribution in [0.5, 0.6) is 0 Å². The van der Waals surface area contributed by atoms with E-state index in [-0.39, 0.29) is 0 Å². The van der Waals surface area contributed by atoms with E-state index in [1.54, 1.807) is 0 Å². The second kappa shape index (κ2) is 4.81. The third kappa shape index (κ3) is 2.13. The Morgan fingerprint density at radius 3 is 2.76 bits per heavy atom. The van der Waals surface area contributed by atoms with Gasteiger partial charge in [-0.2, -0.15) is 4.98 Å². The standard InChI is InChI=1S/C17H17N3O/c18-14-7-4-8-15-16(14)19-17(21-15)20-10-9-13(11-20)12-5-2-1-3-6-12/h1-8,13H,9-11,18H2. The quantitative estimate of drug-likeness (QED) is 0.730. The number of fused-ring (bicyclic) bond motifs is 1. The third-order valence-corrected chi connectivity index (χ3v) is 4.17. The molecule has 0 amide bonds. The van der Waals surface area contributed by atoms with Crippen LogP contribution in [0.4, 0.5) is 11.7 Å². The number of benzene rings is 2. The molecule has 0 radical (unpaired) electrons. The molecule has 3 aromatic rings. The SMILES string of the molecule is Nc1cccc2oc(N3CCC(c4ccccc4)C3)nc12. The Balaban J connectivity index is 1.61. The van der Waals surface area contributed by atoms with E-state index < -0.39 is 0 Å². The Labute approximate surface area is 123 Å². The summed E-state index contributed by atoms with van der Waals surface area (Å²) in [6.45, 7) is 1.91. The molecule has 2 aromatic carbocycles. The normalized spacial score (nSPS) is 18.5. The molecule has 4 rings (SSSR count). The lowest BCUT2D eigenvalue weighted by atomic mass is 9.99. The van der Waals surface area contributed by atoms with Gasteiger partial charge in [-0.1, -0.05) is 36.4 Å². The summed E-state index contributed by atoms with van der Waals surface area (Å²) in [5.74, 6) is 0.540. The van der Waals surface area contributed by atoms with Crippen molar-refractivity contribution in [2.45, 2.75) is 12.3 Å². The first-order chi connectivity index (χ1) is 10.3. The smallest absolute Gasteiger partial charge is 0.298 e. The van der Waals surface area contributed by atoms with Gasteiger partial charge in [0, 0.05) is 19.0 Å². The largest absolute Gasteiger partial charge is 0.423 e. The van der Waals surface area contributed by atoms with Gasteiger partial charge in [0.05, 0.1) is 5.69 Å². The molecule has 1 aliphatic heterocycles. The van der Waals surface area contributed by atoms with Gasteiger partial charge in [0.2, 0.25) is 0 Å². The molecule has 2 N–H and O–H groups in total. The number of oxazole rings is 1. The summed E-state index contributed by atoms with van der Waals surface area (Å²) in [4.78, 5) is 6.76. The molecule has 21 heavy (non-hydrogen) atoms. The minimum absolute atomic E-state index is 0.540. The predicted molar refractivity (Wildman–Crippen MR) is 84.4 cm³/mol. The molecule has 1 fully saturated rings. The number of rotatable bonds is 2. The van der Waals surface area contributed by atoms with E-state index in [9.17, 15) is 0 Å². The fourth-order valence-corrected chi connectivity index (χ4v) is 3.02. The Hall–Kier alpha value is -2.49. The van der Waals surface area contributed by atoms with Crippen LogP contribution < -0.4 is 10.6 Å². The monoisotopic (exact) mass is 279 g/mol. The van der Waals surface area contributed by atoms with Crippen molar-refractivity contribution in [1.82, 2.24) is 4.98 Å². The molecular formula is C17H17N3O. The fourth-order valence-electron chi connectivity index (χ4n) is 3.02. The van der Waals surface area contributed by atoms with Crippen LogP contribution in [0.15, 0.2) is 52.9 Å². The molecule has 0 aliphatic carbocycles. The molecule has 4 heteroatoms. The average Bonchev–Trinajstić information content (AvgIpc) is 3.15. The van der Waals surface area contributed by atoms with Crippen LogP contribution in [0.25, 0.3) is 11.1 Å². The van der Waals surface area contributed by atoms with Crippen molar-refractivity contribution in [3.63, 3.8) is 0 Å². The second-order valence-corrected chi connectivity index (χ2v) is 5.53. The van der Waals surface area contributed by atoms with E-state index >= 15 is 0 Å². The van der Waals surface area contributed by atoms with Crippen molar-refractivity contribution in [3.8, 4) is 0 Å². The summed E-state index contributed by atoms with van der Waals surface area (Å²) in [7, 11) is 0. The highest BCUT2D eigenvalue weighted by molar-refractivity contribution is 5.86. The van der Waals surface area contributed by atoms with E-state index in [2.05, 4.69) is 40.2 Å². The van der Waals surface area contributed by atoms with Crippen molar-refractivity contribution in [1.29, 1.82) is 0 Å². The van der Waals surface area contributed by atoms with Crippen molar-refractivity contribution in [2.75, 3.05) is 23.7 Å². The van der Waals surface area contributed by atoms with Gasteiger partial charge < -0.3 is 15.1 Å². The number of hydrogen-bond donors (Lipinski definition) is 1. The molecule has 106 valence electrons. The Morgan fingerprint density at radius 2 is 1.95 bits per heavy atom. The van der Waals surface area contributed by atoms with Crippen molar-refractivity contribution < 1.29 is 4.42 Å². The number of anilines is 2. The molecule has 0 saturated carbocycles. The molecule has 1 atom stereocenters. The summed E-state index contributed by atoms with van der Waals surface area (Å²) in [5, 5.41) is 0. The van der Waals surface area contributed by atoms with E-state index in [1.807, 2.05) is 18.2 Å². The molecule has 4 nitrogen and oxygen atoms in total. The van der Waals surface area contributed by atoms with Gasteiger partial charge in [0.1, 0.15) is 5.52 Å². The molecular weight excluding hydrogens is 262 g/mol. The number of nitrogen functional groups attached to an aromatic ring is 1. The molecule has 1 aliphatic rings. The highest BCUT2D eigenvalue weighted by atomic mass is 16.4. The first-order valence-corrected chi connectivity index (χ1v) is 7.26. The van der Waals surface area contributed by atoms with Crippen LogP contribution in [0.3, 0.4) is 0 Å². The Bertz CT molecular complexity index is 766. The topological polar surface area (TPSA) is 55.3 Å². The highest BCUT2D eigenvalue weighted by Crippen LogP contribution is 2.32. The van der Waals surface area contributed by atoms with Gasteiger partial charge in [0.15, 0.2) is 5.58 Å². The Morgan fingerprint density at radius 1 is 1.10 bits per heavy atom. The van der Waals surface area contributed by atoms with Crippen LogP contribution in [0.1, 0.15) is 17.9 Å². The van der Waals surface area contributed by atoms with Gasteiger partial charge in [-0.3, -0.25) is 0 Å². The first kappa shape index (κ1) is 12.3. The van der Waals surface area contributed by atoms with E-state index in [4.69, 9.17) is 10.2 Å². The van der Waals surface area contributed by atoms with Crippen molar-refractivity contribution >= 4 is 22.8 Å². The van der Waals surface area contributed by atoms with Crippen molar-refractivity contribution in [2.24, 2.45) is 0 Å². The molecule has 1 saturated heterocycles. The second-order valence-electron chi connectivity index (χ2n) is 5.53. The van der Waals surface area contributed by atoms with Crippen LogP contribution in [0, 0.1) is 0 Å². The molecule has 2 heterocycles. The summed E-state index contributed by atoms with van der Waals surface area (Å²) < 4.78 is 5.85. The maximum atomic E-state index is 5.95. The summed E-state index contributed by atoms with van der Waals surface area (Å²) in [6.07, 6.45) is 1.12. The number of para-hydroxylation sites is 1. The zero-order valence-corrected chi connectivity index (χ0v) is 11.7. The zero-order chi connectivity index (χ0) is 14.2. The Kier molecular flexibility index (Phi) is 2.81. The number of nitrogens with two attached hydrogens (primary N) is 1. The van der Waals surface area contributed by atoms with E-state index in [0.29, 0.717) is 17.6 Å². The summed E-state index contributed by atoms with van der Waals surface area (Å²) in [6, 6.07) is 17.0. The van der Waals surface area contributed by atoms with Crippen LogP contribution in [-0.4, -0.2) is 18.1 Å². The van der Waals surface area contributed by atoms with Gasteiger partial charge in [-0.05, 0) is 24.1 Å². The lowest BCUT2D eigenvalue weighted by molar-refractivity contribution is 0.584. The van der Waals surface area contributed by atoms with E-state index in [0.717, 1.165) is 30.6 Å². The molecule has 0 bridgehead atoms.